The third-order valence-corrected chi connectivity index (χ3v) is 3.59. The highest BCUT2D eigenvalue weighted by Crippen LogP contribution is 2.29. The summed E-state index contributed by atoms with van der Waals surface area (Å²) in [5, 5.41) is 20.5. The maximum atomic E-state index is 11.9. The first kappa shape index (κ1) is 14.5. The molecule has 3 atom stereocenters. The first-order valence-corrected chi connectivity index (χ1v) is 6.70. The Hall–Kier alpha value is -1.88. The minimum absolute atomic E-state index is 0.0591. The highest BCUT2D eigenvalue weighted by molar-refractivity contribution is 5.89. The molecule has 0 aromatic heterocycles. The second-order valence-electron chi connectivity index (χ2n) is 5.13. The zero-order valence-electron chi connectivity index (χ0n) is 11.0. The van der Waals surface area contributed by atoms with Crippen molar-refractivity contribution < 1.29 is 24.5 Å². The molecule has 0 saturated heterocycles. The summed E-state index contributed by atoms with van der Waals surface area (Å²) in [6.45, 7) is 0. The quantitative estimate of drug-likeness (QED) is 0.849. The number of hydrogen-bond acceptors (Lipinski definition) is 4. The summed E-state index contributed by atoms with van der Waals surface area (Å²) in [7, 11) is 0. The molecule has 0 heterocycles. The summed E-state index contributed by atoms with van der Waals surface area (Å²) in [5.74, 6) is -1.68. The lowest BCUT2D eigenvalue weighted by Gasteiger charge is -2.31. The molecule has 1 radical (unpaired) electrons. The second kappa shape index (κ2) is 6.52. The van der Waals surface area contributed by atoms with Gasteiger partial charge in [-0.3, -0.25) is 0 Å². The molecule has 2 rings (SSSR count). The largest absolute Gasteiger partial charge is 0.456 e. The number of esters is 1. The lowest BCUT2D eigenvalue weighted by atomic mass is 9.83. The van der Waals surface area contributed by atoms with Gasteiger partial charge in [-0.25, -0.2) is 14.7 Å². The minimum Gasteiger partial charge on any atom is -0.456 e. The van der Waals surface area contributed by atoms with Gasteiger partial charge >= 0.3 is 11.9 Å². The Bertz CT molecular complexity index is 470. The van der Waals surface area contributed by atoms with Crippen LogP contribution in [-0.4, -0.2) is 29.3 Å². The molecule has 5 nitrogen and oxygen atoms in total. The number of aliphatic hydroxyl groups is 1. The molecule has 0 bridgehead atoms. The van der Waals surface area contributed by atoms with E-state index in [1.807, 2.05) is 0 Å². The van der Waals surface area contributed by atoms with Crippen LogP contribution in [0.25, 0.3) is 0 Å². The van der Waals surface area contributed by atoms with E-state index in [1.165, 1.54) is 0 Å². The van der Waals surface area contributed by atoms with E-state index in [0.29, 0.717) is 24.8 Å². The van der Waals surface area contributed by atoms with Crippen molar-refractivity contribution in [2.75, 3.05) is 0 Å². The van der Waals surface area contributed by atoms with Gasteiger partial charge in [0.2, 0.25) is 0 Å². The van der Waals surface area contributed by atoms with E-state index in [9.17, 15) is 19.8 Å². The molecule has 1 fully saturated rings. The Morgan fingerprint density at radius 3 is 2.50 bits per heavy atom. The van der Waals surface area contributed by atoms with Crippen molar-refractivity contribution in [3.05, 3.63) is 35.9 Å². The van der Waals surface area contributed by atoms with Gasteiger partial charge in [0.05, 0.1) is 18.1 Å². The highest BCUT2D eigenvalue weighted by Gasteiger charge is 2.33. The monoisotopic (exact) mass is 277 g/mol. The van der Waals surface area contributed by atoms with Gasteiger partial charge in [-0.05, 0) is 37.3 Å². The van der Waals surface area contributed by atoms with Crippen LogP contribution in [0.5, 0.6) is 0 Å². The fourth-order valence-electron chi connectivity index (χ4n) is 2.54. The Morgan fingerprint density at radius 2 is 1.90 bits per heavy atom. The van der Waals surface area contributed by atoms with Crippen LogP contribution >= 0.6 is 0 Å². The Balaban J connectivity index is 1.89. The average Bonchev–Trinajstić information content (AvgIpc) is 2.42. The van der Waals surface area contributed by atoms with Gasteiger partial charge in [0.1, 0.15) is 6.10 Å². The van der Waals surface area contributed by atoms with Crippen LogP contribution in [0.15, 0.2) is 30.3 Å². The molecule has 1 saturated carbocycles. The molecule has 1 aromatic rings. The van der Waals surface area contributed by atoms with Crippen molar-refractivity contribution >= 4 is 11.9 Å². The molecule has 1 aliphatic carbocycles. The van der Waals surface area contributed by atoms with E-state index < -0.39 is 24.1 Å². The van der Waals surface area contributed by atoms with Crippen LogP contribution in [0, 0.1) is 5.92 Å². The van der Waals surface area contributed by atoms with Gasteiger partial charge in [-0.15, -0.1) is 0 Å². The van der Waals surface area contributed by atoms with E-state index in [4.69, 9.17) is 4.74 Å². The third-order valence-electron chi connectivity index (χ3n) is 3.59. The van der Waals surface area contributed by atoms with Gasteiger partial charge in [0.15, 0.2) is 0 Å². The first-order valence-electron chi connectivity index (χ1n) is 6.70. The van der Waals surface area contributed by atoms with Crippen molar-refractivity contribution in [3.63, 3.8) is 0 Å². The maximum absolute atomic E-state index is 11.9. The minimum atomic E-state index is -1.11. The van der Waals surface area contributed by atoms with Crippen LogP contribution in [0.3, 0.4) is 0 Å². The van der Waals surface area contributed by atoms with Crippen molar-refractivity contribution in [1.82, 2.24) is 0 Å². The van der Waals surface area contributed by atoms with Gasteiger partial charge < -0.3 is 9.84 Å². The van der Waals surface area contributed by atoms with E-state index in [-0.39, 0.29) is 12.3 Å². The van der Waals surface area contributed by atoms with Gasteiger partial charge in [0, 0.05) is 0 Å². The maximum Gasteiger partial charge on any atom is 0.355 e. The van der Waals surface area contributed by atoms with Crippen molar-refractivity contribution in [3.8, 4) is 0 Å². The number of hydrogen-bond donors (Lipinski definition) is 1. The summed E-state index contributed by atoms with van der Waals surface area (Å²) < 4.78 is 5.29. The molecular weight excluding hydrogens is 260 g/mol. The zero-order valence-corrected chi connectivity index (χ0v) is 11.0. The molecule has 0 spiro atoms. The summed E-state index contributed by atoms with van der Waals surface area (Å²) in [6, 6.07) is 8.58. The summed E-state index contributed by atoms with van der Waals surface area (Å²) in [6.07, 6.45) is -0.0477. The summed E-state index contributed by atoms with van der Waals surface area (Å²) >= 11 is 0. The number of ether oxygens (including phenoxy) is 1. The zero-order chi connectivity index (χ0) is 14.5. The predicted octanol–water partition coefficient (Wildman–Crippen LogP) is 1.72. The lowest BCUT2D eigenvalue weighted by Crippen LogP contribution is -2.37. The highest BCUT2D eigenvalue weighted by atomic mass is 16.6. The Labute approximate surface area is 117 Å². The van der Waals surface area contributed by atoms with E-state index >= 15 is 0 Å². The fraction of sp³-hybridized carbons (Fsp3) is 0.467. The van der Waals surface area contributed by atoms with E-state index in [2.05, 4.69) is 0 Å². The molecular formula is C15H17O5. The number of carbonyl (C=O) groups excluding carboxylic acids is 2. The van der Waals surface area contributed by atoms with Crippen LogP contribution in [0.4, 0.5) is 0 Å². The van der Waals surface area contributed by atoms with Crippen molar-refractivity contribution in [1.29, 1.82) is 0 Å². The van der Waals surface area contributed by atoms with Gasteiger partial charge in [-0.2, -0.15) is 0 Å². The van der Waals surface area contributed by atoms with E-state index in [0.717, 1.165) is 0 Å². The van der Waals surface area contributed by atoms with Gasteiger partial charge in [-0.1, -0.05) is 18.2 Å². The molecule has 0 amide bonds. The second-order valence-corrected chi connectivity index (χ2v) is 5.13. The molecule has 1 aliphatic rings. The smallest absolute Gasteiger partial charge is 0.355 e. The molecule has 107 valence electrons. The molecule has 0 aliphatic heterocycles. The fourth-order valence-corrected chi connectivity index (χ4v) is 2.54. The van der Waals surface area contributed by atoms with Crippen LogP contribution in [-0.2, 0) is 14.6 Å². The topological polar surface area (TPSA) is 83.5 Å². The van der Waals surface area contributed by atoms with Crippen molar-refractivity contribution in [2.45, 2.75) is 37.9 Å². The summed E-state index contributed by atoms with van der Waals surface area (Å²) in [5.41, 5.74) is 0.441. The standard InChI is InChI=1S/C15H17O5/c16-12-8-10(9-14(17)18)6-7-13(12)20-15(19)11-4-2-1-3-5-11/h1-5,10,12-13,16H,6-9H2. The SMILES string of the molecule is [O]C(=O)CC1CCC(OC(=O)c2ccccc2)C(O)C1. The Morgan fingerprint density at radius 1 is 1.20 bits per heavy atom. The van der Waals surface area contributed by atoms with E-state index in [1.54, 1.807) is 30.3 Å². The molecule has 20 heavy (non-hydrogen) atoms. The number of carbonyl (C=O) groups is 2. The number of benzene rings is 1. The predicted molar refractivity (Wildman–Crippen MR) is 69.3 cm³/mol. The molecule has 3 unspecified atom stereocenters. The number of aliphatic hydroxyl groups excluding tert-OH is 1. The lowest BCUT2D eigenvalue weighted by molar-refractivity contribution is -0.145. The average molecular weight is 277 g/mol. The first-order chi connectivity index (χ1) is 9.56. The normalized spacial score (nSPS) is 25.9. The van der Waals surface area contributed by atoms with Crippen molar-refractivity contribution in [2.24, 2.45) is 5.92 Å². The molecule has 5 heteroatoms. The van der Waals surface area contributed by atoms with Crippen LogP contribution in [0.2, 0.25) is 0 Å². The summed E-state index contributed by atoms with van der Waals surface area (Å²) in [4.78, 5) is 22.4. The number of rotatable bonds is 4. The van der Waals surface area contributed by atoms with Crippen LogP contribution < -0.4 is 0 Å². The molecule has 1 N–H and O–H groups in total. The Kier molecular flexibility index (Phi) is 4.74. The third kappa shape index (κ3) is 3.81. The molecule has 1 aromatic carbocycles. The van der Waals surface area contributed by atoms with Gasteiger partial charge in [0.25, 0.3) is 0 Å². The van der Waals surface area contributed by atoms with Crippen LogP contribution in [0.1, 0.15) is 36.0 Å².